The van der Waals surface area contributed by atoms with E-state index < -0.39 is 15.8 Å². The predicted molar refractivity (Wildman–Crippen MR) is 104 cm³/mol. The number of rotatable bonds is 7. The van der Waals surface area contributed by atoms with E-state index in [1.54, 1.807) is 36.4 Å². The zero-order chi connectivity index (χ0) is 19.2. The molecule has 0 aliphatic rings. The van der Waals surface area contributed by atoms with Crippen molar-refractivity contribution in [3.8, 4) is 0 Å². The van der Waals surface area contributed by atoms with Crippen molar-refractivity contribution in [3.63, 3.8) is 0 Å². The highest BCUT2D eigenvalue weighted by molar-refractivity contribution is 7.99. The van der Waals surface area contributed by atoms with Crippen LogP contribution in [0.4, 0.5) is 14.5 Å². The van der Waals surface area contributed by atoms with Crippen LogP contribution in [0.3, 0.4) is 0 Å². The van der Waals surface area contributed by atoms with Gasteiger partial charge in [-0.05, 0) is 60.6 Å². The van der Waals surface area contributed by atoms with Crippen LogP contribution >= 0.6 is 24.0 Å². The van der Waals surface area contributed by atoms with Crippen LogP contribution < -0.4 is 15.8 Å². The fourth-order valence-electron chi connectivity index (χ4n) is 2.06. The normalized spacial score (nSPS) is 11.4. The largest absolute Gasteiger partial charge is 0.362 e. The molecule has 4 N–H and O–H groups in total. The average Bonchev–Trinajstić information content (AvgIpc) is 2.56. The Hall–Kier alpha value is -1.75. The number of thiocarbonyl (C=S) groups is 1. The molecular weight excluding hydrogens is 400 g/mol. The van der Waals surface area contributed by atoms with Crippen LogP contribution in [-0.4, -0.2) is 25.8 Å². The van der Waals surface area contributed by atoms with E-state index in [-0.39, 0.29) is 4.90 Å². The van der Waals surface area contributed by atoms with Crippen molar-refractivity contribution >= 4 is 44.8 Å². The van der Waals surface area contributed by atoms with E-state index in [1.807, 2.05) is 0 Å². The summed E-state index contributed by atoms with van der Waals surface area (Å²) >= 11 is 5.67. The van der Waals surface area contributed by atoms with Gasteiger partial charge in [-0.2, -0.15) is 8.78 Å². The van der Waals surface area contributed by atoms with Gasteiger partial charge in [0.05, 0.1) is 4.90 Å². The van der Waals surface area contributed by atoms with Gasteiger partial charge in [0.2, 0.25) is 10.0 Å². The van der Waals surface area contributed by atoms with Crippen molar-refractivity contribution in [2.24, 2.45) is 5.14 Å². The lowest BCUT2D eigenvalue weighted by molar-refractivity contribution is 0.252. The molecule has 0 atom stereocenters. The fraction of sp³-hybridized carbons (Fsp3) is 0.188. The Kier molecular flexibility index (Phi) is 7.33. The molecule has 0 aliphatic heterocycles. The van der Waals surface area contributed by atoms with Crippen LogP contribution in [0.25, 0.3) is 0 Å². The van der Waals surface area contributed by atoms with E-state index in [4.69, 9.17) is 17.4 Å². The monoisotopic (exact) mass is 417 g/mol. The Balaban J connectivity index is 1.78. The van der Waals surface area contributed by atoms with E-state index in [1.165, 1.54) is 12.1 Å². The molecule has 0 heterocycles. The lowest BCUT2D eigenvalue weighted by atomic mass is 10.1. The smallest absolute Gasteiger partial charge is 0.288 e. The first-order chi connectivity index (χ1) is 12.2. The van der Waals surface area contributed by atoms with E-state index in [9.17, 15) is 17.2 Å². The lowest BCUT2D eigenvalue weighted by Crippen LogP contribution is -2.30. The number of nitrogens with two attached hydrogens (primary N) is 1. The number of benzene rings is 2. The summed E-state index contributed by atoms with van der Waals surface area (Å²) in [6.45, 7) is 0.542. The van der Waals surface area contributed by atoms with Gasteiger partial charge in [-0.3, -0.25) is 0 Å². The zero-order valence-electron chi connectivity index (χ0n) is 13.5. The molecule has 140 valence electrons. The Morgan fingerprint density at radius 3 is 2.27 bits per heavy atom. The summed E-state index contributed by atoms with van der Waals surface area (Å²) in [5.41, 5.74) is 1.62. The van der Waals surface area contributed by atoms with Crippen molar-refractivity contribution in [3.05, 3.63) is 54.1 Å². The first-order valence-corrected chi connectivity index (χ1v) is 10.3. The Morgan fingerprint density at radius 2 is 1.73 bits per heavy atom. The number of anilines is 1. The third-order valence-electron chi connectivity index (χ3n) is 3.29. The van der Waals surface area contributed by atoms with Crippen molar-refractivity contribution in [1.82, 2.24) is 5.32 Å². The number of primary sulfonamides is 1. The Labute approximate surface area is 160 Å². The van der Waals surface area contributed by atoms with Crippen LogP contribution in [0.5, 0.6) is 0 Å². The molecule has 5 nitrogen and oxygen atoms in total. The summed E-state index contributed by atoms with van der Waals surface area (Å²) in [6.07, 6.45) is 0.636. The Bertz CT molecular complexity index is 842. The van der Waals surface area contributed by atoms with Gasteiger partial charge in [-0.15, -0.1) is 0 Å². The third-order valence-corrected chi connectivity index (χ3v) is 5.19. The van der Waals surface area contributed by atoms with Crippen LogP contribution in [-0.2, 0) is 16.4 Å². The van der Waals surface area contributed by atoms with Gasteiger partial charge in [0.1, 0.15) is 0 Å². The van der Waals surface area contributed by atoms with E-state index in [0.29, 0.717) is 40.4 Å². The SMILES string of the molecule is NS(=O)(=O)c1ccc(CCNC(=S)Nc2ccc(SC(F)F)cc2)cc1. The highest BCUT2D eigenvalue weighted by Gasteiger charge is 2.07. The van der Waals surface area contributed by atoms with Crippen LogP contribution in [0.2, 0.25) is 0 Å². The standard InChI is InChI=1S/C16H17F2N3O2S3/c17-15(18)25-13-5-3-12(4-6-13)21-16(24)20-10-9-11-1-7-14(8-2-11)26(19,22)23/h1-8,15H,9-10H2,(H2,19,22,23)(H2,20,21,24). The molecule has 0 fully saturated rings. The van der Waals surface area contributed by atoms with Gasteiger partial charge >= 0.3 is 0 Å². The van der Waals surface area contributed by atoms with Gasteiger partial charge in [0.25, 0.3) is 5.76 Å². The third kappa shape index (κ3) is 6.87. The van der Waals surface area contributed by atoms with Gasteiger partial charge in [0.15, 0.2) is 5.11 Å². The number of hydrogen-bond acceptors (Lipinski definition) is 4. The zero-order valence-corrected chi connectivity index (χ0v) is 15.9. The highest BCUT2D eigenvalue weighted by Crippen LogP contribution is 2.26. The molecule has 2 aromatic carbocycles. The van der Waals surface area contributed by atoms with E-state index >= 15 is 0 Å². The van der Waals surface area contributed by atoms with E-state index in [2.05, 4.69) is 10.6 Å². The minimum absolute atomic E-state index is 0.0693. The van der Waals surface area contributed by atoms with Crippen molar-refractivity contribution in [1.29, 1.82) is 0 Å². The second-order valence-corrected chi connectivity index (χ2v) is 8.26. The van der Waals surface area contributed by atoms with Gasteiger partial charge < -0.3 is 10.6 Å². The van der Waals surface area contributed by atoms with E-state index in [0.717, 1.165) is 5.56 Å². The first kappa shape index (κ1) is 20.6. The average molecular weight is 418 g/mol. The summed E-state index contributed by atoms with van der Waals surface area (Å²) in [6, 6.07) is 12.8. The van der Waals surface area contributed by atoms with Crippen molar-refractivity contribution in [2.45, 2.75) is 22.0 Å². The van der Waals surface area contributed by atoms with Crippen molar-refractivity contribution in [2.75, 3.05) is 11.9 Å². The van der Waals surface area contributed by atoms with Gasteiger partial charge in [0, 0.05) is 17.1 Å². The number of alkyl halides is 2. The molecule has 10 heteroatoms. The first-order valence-electron chi connectivity index (χ1n) is 7.45. The minimum Gasteiger partial charge on any atom is -0.362 e. The molecule has 0 spiro atoms. The molecular formula is C16H17F2N3O2S3. The molecule has 0 aliphatic carbocycles. The maximum Gasteiger partial charge on any atom is 0.288 e. The summed E-state index contributed by atoms with van der Waals surface area (Å²) in [5, 5.41) is 11.4. The second-order valence-electron chi connectivity index (χ2n) is 5.22. The predicted octanol–water partition coefficient (Wildman–Crippen LogP) is 3.18. The number of nitrogens with one attached hydrogen (secondary N) is 2. The van der Waals surface area contributed by atoms with Crippen LogP contribution in [0.15, 0.2) is 58.3 Å². The lowest BCUT2D eigenvalue weighted by Gasteiger charge is -2.11. The van der Waals surface area contributed by atoms with Crippen molar-refractivity contribution < 1.29 is 17.2 Å². The van der Waals surface area contributed by atoms with Gasteiger partial charge in [-0.25, -0.2) is 13.6 Å². The topological polar surface area (TPSA) is 84.2 Å². The number of sulfonamides is 1. The maximum atomic E-state index is 12.3. The van der Waals surface area contributed by atoms with Crippen LogP contribution in [0, 0.1) is 0 Å². The molecule has 0 saturated carbocycles. The summed E-state index contributed by atoms with van der Waals surface area (Å²) < 4.78 is 46.9. The molecule has 0 amide bonds. The highest BCUT2D eigenvalue weighted by atomic mass is 32.2. The second kappa shape index (κ2) is 9.26. The molecule has 0 radical (unpaired) electrons. The quantitative estimate of drug-likeness (QED) is 0.474. The Morgan fingerprint density at radius 1 is 1.12 bits per heavy atom. The summed E-state index contributed by atoms with van der Waals surface area (Å²) in [7, 11) is -3.69. The molecule has 2 rings (SSSR count). The number of thioether (sulfide) groups is 1. The molecule has 0 bridgehead atoms. The number of halogens is 2. The van der Waals surface area contributed by atoms with Crippen LogP contribution in [0.1, 0.15) is 5.56 Å². The fourth-order valence-corrected chi connectivity index (χ4v) is 3.30. The molecule has 26 heavy (non-hydrogen) atoms. The molecule has 0 saturated heterocycles. The van der Waals surface area contributed by atoms with Gasteiger partial charge in [-0.1, -0.05) is 23.9 Å². The molecule has 2 aromatic rings. The molecule has 0 unspecified atom stereocenters. The minimum atomic E-state index is -3.69. The summed E-state index contributed by atoms with van der Waals surface area (Å²) in [5.74, 6) is -2.45. The molecule has 0 aromatic heterocycles. The summed E-state index contributed by atoms with van der Waals surface area (Å²) in [4.78, 5) is 0.548. The maximum absolute atomic E-state index is 12.3. The number of hydrogen-bond donors (Lipinski definition) is 3.